The Bertz CT molecular complexity index is 197. The summed E-state index contributed by atoms with van der Waals surface area (Å²) in [5.74, 6) is 0.0471. The molecule has 0 aromatic carbocycles. The second-order valence-corrected chi connectivity index (χ2v) is 3.87. The van der Waals surface area contributed by atoms with Gasteiger partial charge in [-0.15, -0.1) is 0 Å². The molecular formula is C10H20N2O2. The second-order valence-electron chi connectivity index (χ2n) is 3.87. The molecule has 1 amide bonds. The van der Waals surface area contributed by atoms with Crippen LogP contribution in [0.4, 0.5) is 0 Å². The summed E-state index contributed by atoms with van der Waals surface area (Å²) in [7, 11) is 3.41. The van der Waals surface area contributed by atoms with Crippen molar-refractivity contribution in [2.45, 2.75) is 44.4 Å². The smallest absolute Gasteiger partial charge is 0.236 e. The average molecular weight is 200 g/mol. The van der Waals surface area contributed by atoms with Crippen LogP contribution in [0.25, 0.3) is 0 Å². The highest BCUT2D eigenvalue weighted by Gasteiger charge is 2.26. The highest BCUT2D eigenvalue weighted by molar-refractivity contribution is 5.80. The van der Waals surface area contributed by atoms with E-state index < -0.39 is 0 Å². The van der Waals surface area contributed by atoms with Crippen LogP contribution < -0.4 is 10.6 Å². The van der Waals surface area contributed by atoms with Crippen LogP contribution in [-0.2, 0) is 9.53 Å². The first-order valence-electron chi connectivity index (χ1n) is 5.17. The molecule has 0 aromatic rings. The Kier molecular flexibility index (Phi) is 4.35. The van der Waals surface area contributed by atoms with E-state index in [1.807, 2.05) is 6.92 Å². The van der Waals surface area contributed by atoms with Gasteiger partial charge in [-0.05, 0) is 26.2 Å². The lowest BCUT2D eigenvalue weighted by atomic mass is 10.2. The minimum atomic E-state index is -0.111. The maximum absolute atomic E-state index is 11.2. The molecule has 0 heterocycles. The molecule has 0 radical (unpaired) electrons. The summed E-state index contributed by atoms with van der Waals surface area (Å²) in [6, 6.07) is 0.313. The normalized spacial score (nSPS) is 28.8. The molecule has 3 unspecified atom stereocenters. The topological polar surface area (TPSA) is 50.4 Å². The zero-order valence-electron chi connectivity index (χ0n) is 9.17. The molecule has 0 bridgehead atoms. The zero-order chi connectivity index (χ0) is 10.6. The molecule has 0 saturated heterocycles. The molecule has 4 nitrogen and oxygen atoms in total. The lowest BCUT2D eigenvalue weighted by molar-refractivity contribution is -0.122. The number of carbonyl (C=O) groups is 1. The van der Waals surface area contributed by atoms with Crippen molar-refractivity contribution in [3.8, 4) is 0 Å². The third kappa shape index (κ3) is 2.96. The summed E-state index contributed by atoms with van der Waals surface area (Å²) in [5, 5.41) is 5.93. The predicted octanol–water partition coefficient (Wildman–Crippen LogP) is 0.278. The van der Waals surface area contributed by atoms with Crippen LogP contribution >= 0.6 is 0 Å². The number of methoxy groups -OCH3 is 1. The Balaban J connectivity index is 2.28. The van der Waals surface area contributed by atoms with E-state index in [1.54, 1.807) is 14.2 Å². The Labute approximate surface area is 85.4 Å². The number of nitrogens with one attached hydrogen (secondary N) is 2. The number of likely N-dealkylation sites (N-methyl/N-ethyl adjacent to an activating group) is 1. The summed E-state index contributed by atoms with van der Waals surface area (Å²) in [6.07, 6.45) is 3.57. The number of hydrogen-bond donors (Lipinski definition) is 2. The Morgan fingerprint density at radius 1 is 1.50 bits per heavy atom. The van der Waals surface area contributed by atoms with Gasteiger partial charge < -0.3 is 15.4 Å². The fraction of sp³-hybridized carbons (Fsp3) is 0.900. The van der Waals surface area contributed by atoms with E-state index in [4.69, 9.17) is 4.74 Å². The Hall–Kier alpha value is -0.610. The van der Waals surface area contributed by atoms with E-state index in [9.17, 15) is 4.79 Å². The van der Waals surface area contributed by atoms with Crippen LogP contribution in [-0.4, -0.2) is 38.3 Å². The van der Waals surface area contributed by atoms with E-state index in [-0.39, 0.29) is 11.9 Å². The lowest BCUT2D eigenvalue weighted by Crippen LogP contribution is -2.44. The van der Waals surface area contributed by atoms with Gasteiger partial charge in [0.05, 0.1) is 12.1 Å². The van der Waals surface area contributed by atoms with Gasteiger partial charge in [0.2, 0.25) is 5.91 Å². The van der Waals surface area contributed by atoms with Crippen molar-refractivity contribution in [2.75, 3.05) is 14.2 Å². The maximum Gasteiger partial charge on any atom is 0.236 e. The number of rotatable bonds is 4. The summed E-state index contributed by atoms with van der Waals surface area (Å²) >= 11 is 0. The van der Waals surface area contributed by atoms with Gasteiger partial charge in [0.1, 0.15) is 0 Å². The highest BCUT2D eigenvalue weighted by atomic mass is 16.5. The van der Waals surface area contributed by atoms with Crippen molar-refractivity contribution >= 4 is 5.91 Å². The van der Waals surface area contributed by atoms with Crippen molar-refractivity contribution in [1.82, 2.24) is 10.6 Å². The first kappa shape index (κ1) is 11.5. The summed E-state index contributed by atoms with van der Waals surface area (Å²) in [4.78, 5) is 11.2. The lowest BCUT2D eigenvalue weighted by Gasteiger charge is -2.18. The molecule has 1 aliphatic rings. The van der Waals surface area contributed by atoms with E-state index in [0.717, 1.165) is 19.3 Å². The predicted molar refractivity (Wildman–Crippen MR) is 55.1 cm³/mol. The van der Waals surface area contributed by atoms with Crippen molar-refractivity contribution in [3.63, 3.8) is 0 Å². The van der Waals surface area contributed by atoms with E-state index in [1.165, 1.54) is 0 Å². The van der Waals surface area contributed by atoms with Crippen molar-refractivity contribution in [3.05, 3.63) is 0 Å². The van der Waals surface area contributed by atoms with Crippen LogP contribution in [0.5, 0.6) is 0 Å². The SMILES string of the molecule is CNC(=O)C(C)NC1CCC(OC)C1. The number of carbonyl (C=O) groups excluding carboxylic acids is 1. The zero-order valence-corrected chi connectivity index (χ0v) is 9.17. The van der Waals surface area contributed by atoms with Crippen molar-refractivity contribution < 1.29 is 9.53 Å². The molecule has 0 aromatic heterocycles. The largest absolute Gasteiger partial charge is 0.381 e. The third-order valence-corrected chi connectivity index (χ3v) is 2.84. The Morgan fingerprint density at radius 2 is 2.21 bits per heavy atom. The first-order valence-corrected chi connectivity index (χ1v) is 5.17. The standard InChI is InChI=1S/C10H20N2O2/c1-7(10(13)11-2)12-8-4-5-9(6-8)14-3/h7-9,12H,4-6H2,1-3H3,(H,11,13). The molecule has 2 N–H and O–H groups in total. The Morgan fingerprint density at radius 3 is 2.71 bits per heavy atom. The number of hydrogen-bond acceptors (Lipinski definition) is 3. The second kappa shape index (κ2) is 5.32. The molecule has 1 fully saturated rings. The molecule has 0 aliphatic heterocycles. The minimum Gasteiger partial charge on any atom is -0.381 e. The van der Waals surface area contributed by atoms with Gasteiger partial charge in [-0.1, -0.05) is 0 Å². The third-order valence-electron chi connectivity index (χ3n) is 2.84. The number of amides is 1. The fourth-order valence-electron chi connectivity index (χ4n) is 1.95. The maximum atomic E-state index is 11.2. The van der Waals surface area contributed by atoms with Gasteiger partial charge in [0.25, 0.3) is 0 Å². The van der Waals surface area contributed by atoms with Gasteiger partial charge in [-0.25, -0.2) is 0 Å². The van der Waals surface area contributed by atoms with Crippen LogP contribution in [0.2, 0.25) is 0 Å². The average Bonchev–Trinajstić information content (AvgIpc) is 2.64. The van der Waals surface area contributed by atoms with Crippen LogP contribution in [0.1, 0.15) is 26.2 Å². The first-order chi connectivity index (χ1) is 6.67. The van der Waals surface area contributed by atoms with Crippen molar-refractivity contribution in [2.24, 2.45) is 0 Å². The highest BCUT2D eigenvalue weighted by Crippen LogP contribution is 2.21. The molecule has 14 heavy (non-hydrogen) atoms. The van der Waals surface area contributed by atoms with E-state index in [0.29, 0.717) is 12.1 Å². The van der Waals surface area contributed by atoms with Crippen molar-refractivity contribution in [1.29, 1.82) is 0 Å². The van der Waals surface area contributed by atoms with Crippen LogP contribution in [0.3, 0.4) is 0 Å². The van der Waals surface area contributed by atoms with Gasteiger partial charge in [-0.2, -0.15) is 0 Å². The van der Waals surface area contributed by atoms with Crippen LogP contribution in [0.15, 0.2) is 0 Å². The number of ether oxygens (including phenoxy) is 1. The molecule has 3 atom stereocenters. The molecule has 4 heteroatoms. The van der Waals surface area contributed by atoms with E-state index >= 15 is 0 Å². The summed E-state index contributed by atoms with van der Waals surface area (Å²) in [5.41, 5.74) is 0. The quantitative estimate of drug-likeness (QED) is 0.685. The van der Waals surface area contributed by atoms with Crippen LogP contribution in [0, 0.1) is 0 Å². The molecular weight excluding hydrogens is 180 g/mol. The summed E-state index contributed by atoms with van der Waals surface area (Å²) < 4.78 is 5.27. The van der Waals surface area contributed by atoms with Gasteiger partial charge >= 0.3 is 0 Å². The molecule has 1 aliphatic carbocycles. The monoisotopic (exact) mass is 200 g/mol. The molecule has 82 valence electrons. The summed E-state index contributed by atoms with van der Waals surface area (Å²) in [6.45, 7) is 1.89. The fourth-order valence-corrected chi connectivity index (χ4v) is 1.95. The van der Waals surface area contributed by atoms with E-state index in [2.05, 4.69) is 10.6 Å². The molecule has 0 spiro atoms. The van der Waals surface area contributed by atoms with Gasteiger partial charge in [-0.3, -0.25) is 4.79 Å². The van der Waals surface area contributed by atoms with Gasteiger partial charge in [0, 0.05) is 20.2 Å². The molecule has 1 saturated carbocycles. The minimum absolute atomic E-state index is 0.0471. The molecule has 1 rings (SSSR count). The van der Waals surface area contributed by atoms with Gasteiger partial charge in [0.15, 0.2) is 0 Å².